The first-order valence-corrected chi connectivity index (χ1v) is 6.89. The summed E-state index contributed by atoms with van der Waals surface area (Å²) in [7, 11) is 1.94. The Labute approximate surface area is 124 Å². The third-order valence-corrected chi connectivity index (χ3v) is 3.08. The SMILES string of the molecule is CN[C@H](C)CC=Cc1cncc(Oc2ccc(F)cc2)c1. The zero-order valence-electron chi connectivity index (χ0n) is 12.2. The van der Waals surface area contributed by atoms with Gasteiger partial charge in [0.15, 0.2) is 0 Å². The standard InChI is InChI=1S/C17H19FN2O/c1-13(19-2)4-3-5-14-10-17(12-20-11-14)21-16-8-6-15(18)7-9-16/h3,5-13,19H,4H2,1-2H3/t13-/m1/s1. The highest BCUT2D eigenvalue weighted by Gasteiger charge is 1.99. The van der Waals surface area contributed by atoms with Crippen LogP contribution in [-0.2, 0) is 0 Å². The van der Waals surface area contributed by atoms with Gasteiger partial charge in [0.2, 0.25) is 0 Å². The molecule has 0 radical (unpaired) electrons. The molecule has 3 nitrogen and oxygen atoms in total. The predicted molar refractivity (Wildman–Crippen MR) is 82.9 cm³/mol. The van der Waals surface area contributed by atoms with Gasteiger partial charge >= 0.3 is 0 Å². The van der Waals surface area contributed by atoms with E-state index in [1.54, 1.807) is 24.5 Å². The van der Waals surface area contributed by atoms with Crippen LogP contribution in [0, 0.1) is 5.82 Å². The van der Waals surface area contributed by atoms with Crippen LogP contribution >= 0.6 is 0 Å². The van der Waals surface area contributed by atoms with Crippen molar-refractivity contribution in [2.45, 2.75) is 19.4 Å². The van der Waals surface area contributed by atoms with E-state index in [1.807, 2.05) is 19.2 Å². The zero-order valence-corrected chi connectivity index (χ0v) is 12.2. The summed E-state index contributed by atoms with van der Waals surface area (Å²) in [5, 5.41) is 3.18. The average Bonchev–Trinajstić information content (AvgIpc) is 2.50. The highest BCUT2D eigenvalue weighted by molar-refractivity contribution is 5.50. The van der Waals surface area contributed by atoms with Crippen LogP contribution in [0.4, 0.5) is 4.39 Å². The second kappa shape index (κ2) is 7.55. The van der Waals surface area contributed by atoms with E-state index >= 15 is 0 Å². The molecule has 110 valence electrons. The molecule has 0 unspecified atom stereocenters. The molecule has 1 aromatic heterocycles. The molecule has 0 bridgehead atoms. The van der Waals surface area contributed by atoms with Crippen LogP contribution in [0.1, 0.15) is 18.9 Å². The van der Waals surface area contributed by atoms with Crippen molar-refractivity contribution in [2.24, 2.45) is 0 Å². The molecule has 21 heavy (non-hydrogen) atoms. The van der Waals surface area contributed by atoms with E-state index in [2.05, 4.69) is 23.3 Å². The summed E-state index contributed by atoms with van der Waals surface area (Å²) < 4.78 is 18.5. The molecule has 0 saturated heterocycles. The zero-order chi connectivity index (χ0) is 15.1. The van der Waals surface area contributed by atoms with Gasteiger partial charge in [-0.05, 0) is 56.3 Å². The Morgan fingerprint density at radius 2 is 2.00 bits per heavy atom. The van der Waals surface area contributed by atoms with Crippen LogP contribution in [0.15, 0.2) is 48.8 Å². The molecule has 0 aliphatic heterocycles. The number of hydrogen-bond donors (Lipinski definition) is 1. The molecule has 2 rings (SSSR count). The molecule has 2 aromatic rings. The molecule has 1 heterocycles. The average molecular weight is 286 g/mol. The van der Waals surface area contributed by atoms with E-state index in [1.165, 1.54) is 12.1 Å². The lowest BCUT2D eigenvalue weighted by Gasteiger charge is -2.06. The van der Waals surface area contributed by atoms with Gasteiger partial charge in [0.25, 0.3) is 0 Å². The maximum absolute atomic E-state index is 12.8. The predicted octanol–water partition coefficient (Wildman–Crippen LogP) is 4.02. The first-order valence-electron chi connectivity index (χ1n) is 6.89. The first-order chi connectivity index (χ1) is 10.2. The van der Waals surface area contributed by atoms with E-state index in [-0.39, 0.29) is 5.82 Å². The Kier molecular flexibility index (Phi) is 5.46. The van der Waals surface area contributed by atoms with Gasteiger partial charge in [0.1, 0.15) is 17.3 Å². The minimum absolute atomic E-state index is 0.282. The number of nitrogens with one attached hydrogen (secondary N) is 1. The lowest BCUT2D eigenvalue weighted by molar-refractivity contribution is 0.478. The van der Waals surface area contributed by atoms with Crippen molar-refractivity contribution in [3.8, 4) is 11.5 Å². The Balaban J connectivity index is 2.02. The summed E-state index contributed by atoms with van der Waals surface area (Å²) in [6, 6.07) is 8.25. The monoisotopic (exact) mass is 286 g/mol. The van der Waals surface area contributed by atoms with Gasteiger partial charge < -0.3 is 10.1 Å². The Morgan fingerprint density at radius 1 is 1.24 bits per heavy atom. The molecule has 1 aromatic carbocycles. The Morgan fingerprint density at radius 3 is 2.71 bits per heavy atom. The van der Waals surface area contributed by atoms with Crippen molar-refractivity contribution in [1.82, 2.24) is 10.3 Å². The van der Waals surface area contributed by atoms with Gasteiger partial charge in [0, 0.05) is 12.2 Å². The molecule has 1 atom stereocenters. The normalized spacial score (nSPS) is 12.5. The third-order valence-electron chi connectivity index (χ3n) is 3.08. The van der Waals surface area contributed by atoms with Crippen LogP contribution in [-0.4, -0.2) is 18.1 Å². The number of nitrogens with zero attached hydrogens (tertiary/aromatic N) is 1. The molecule has 0 saturated carbocycles. The number of halogens is 1. The van der Waals surface area contributed by atoms with E-state index in [0.29, 0.717) is 17.5 Å². The minimum atomic E-state index is -0.282. The molecule has 0 fully saturated rings. The van der Waals surface area contributed by atoms with Gasteiger partial charge in [0.05, 0.1) is 6.20 Å². The van der Waals surface area contributed by atoms with Gasteiger partial charge in [-0.2, -0.15) is 0 Å². The maximum Gasteiger partial charge on any atom is 0.146 e. The number of hydrogen-bond acceptors (Lipinski definition) is 3. The number of rotatable bonds is 6. The fourth-order valence-electron chi connectivity index (χ4n) is 1.75. The van der Waals surface area contributed by atoms with Crippen molar-refractivity contribution in [2.75, 3.05) is 7.05 Å². The van der Waals surface area contributed by atoms with Crippen molar-refractivity contribution in [3.05, 3.63) is 60.2 Å². The summed E-state index contributed by atoms with van der Waals surface area (Å²) in [5.41, 5.74) is 0.970. The van der Waals surface area contributed by atoms with Gasteiger partial charge in [-0.3, -0.25) is 4.98 Å². The van der Waals surface area contributed by atoms with Gasteiger partial charge in [-0.25, -0.2) is 4.39 Å². The lowest BCUT2D eigenvalue weighted by Crippen LogP contribution is -2.19. The van der Waals surface area contributed by atoms with Gasteiger partial charge in [-0.15, -0.1) is 0 Å². The summed E-state index contributed by atoms with van der Waals surface area (Å²) in [6.07, 6.45) is 8.47. The van der Waals surface area contributed by atoms with Crippen LogP contribution in [0.2, 0.25) is 0 Å². The summed E-state index contributed by atoms with van der Waals surface area (Å²) in [4.78, 5) is 4.15. The lowest BCUT2D eigenvalue weighted by atomic mass is 10.2. The molecule has 1 N–H and O–H groups in total. The van der Waals surface area contributed by atoms with Crippen molar-refractivity contribution in [1.29, 1.82) is 0 Å². The molecular weight excluding hydrogens is 267 g/mol. The van der Waals surface area contributed by atoms with Crippen LogP contribution < -0.4 is 10.1 Å². The number of ether oxygens (including phenoxy) is 1. The second-order valence-corrected chi connectivity index (χ2v) is 4.84. The van der Waals surface area contributed by atoms with E-state index < -0.39 is 0 Å². The van der Waals surface area contributed by atoms with Crippen LogP contribution in [0.3, 0.4) is 0 Å². The summed E-state index contributed by atoms with van der Waals surface area (Å²) in [5.74, 6) is 0.935. The smallest absolute Gasteiger partial charge is 0.146 e. The molecule has 0 amide bonds. The molecular formula is C17H19FN2O. The Bertz CT molecular complexity index is 596. The highest BCUT2D eigenvalue weighted by Crippen LogP contribution is 2.21. The minimum Gasteiger partial charge on any atom is -0.456 e. The van der Waals surface area contributed by atoms with Crippen LogP contribution in [0.5, 0.6) is 11.5 Å². The Hall–Kier alpha value is -2.20. The molecule has 0 spiro atoms. The van der Waals surface area contributed by atoms with Gasteiger partial charge in [-0.1, -0.05) is 12.2 Å². The van der Waals surface area contributed by atoms with Crippen molar-refractivity contribution >= 4 is 6.08 Å². The van der Waals surface area contributed by atoms with Crippen LogP contribution in [0.25, 0.3) is 6.08 Å². The van der Waals surface area contributed by atoms with Crippen molar-refractivity contribution in [3.63, 3.8) is 0 Å². The summed E-state index contributed by atoms with van der Waals surface area (Å²) in [6.45, 7) is 2.12. The topological polar surface area (TPSA) is 34.2 Å². The first kappa shape index (κ1) is 15.2. The summed E-state index contributed by atoms with van der Waals surface area (Å²) >= 11 is 0. The largest absolute Gasteiger partial charge is 0.456 e. The highest BCUT2D eigenvalue weighted by atomic mass is 19.1. The maximum atomic E-state index is 12.8. The van der Waals surface area contributed by atoms with E-state index in [4.69, 9.17) is 4.74 Å². The number of aromatic nitrogens is 1. The van der Waals surface area contributed by atoms with E-state index in [0.717, 1.165) is 12.0 Å². The van der Waals surface area contributed by atoms with Crippen molar-refractivity contribution < 1.29 is 9.13 Å². The fraction of sp³-hybridized carbons (Fsp3) is 0.235. The quantitative estimate of drug-likeness (QED) is 0.870. The number of pyridine rings is 1. The fourth-order valence-corrected chi connectivity index (χ4v) is 1.75. The number of benzene rings is 1. The molecule has 0 aliphatic rings. The molecule has 4 heteroatoms. The third kappa shape index (κ3) is 5.00. The van der Waals surface area contributed by atoms with E-state index in [9.17, 15) is 4.39 Å². The molecule has 0 aliphatic carbocycles. The second-order valence-electron chi connectivity index (χ2n) is 4.84.